The second-order valence-electron chi connectivity index (χ2n) is 5.90. The Kier molecular flexibility index (Phi) is 5.20. The van der Waals surface area contributed by atoms with Crippen LogP contribution in [0.5, 0.6) is 0 Å². The van der Waals surface area contributed by atoms with Crippen LogP contribution in [-0.4, -0.2) is 39.5 Å². The first-order valence-electron chi connectivity index (χ1n) is 8.23. The molecular weight excluding hydrogens is 306 g/mol. The van der Waals surface area contributed by atoms with Crippen LogP contribution in [0.4, 0.5) is 5.82 Å². The number of rotatable bonds is 6. The van der Waals surface area contributed by atoms with E-state index in [1.807, 2.05) is 41.2 Å². The normalized spacial score (nSPS) is 15.2. The second-order valence-corrected chi connectivity index (χ2v) is 5.90. The summed E-state index contributed by atoms with van der Waals surface area (Å²) in [4.78, 5) is 23.2. The predicted octanol–water partition coefficient (Wildman–Crippen LogP) is 1.55. The first-order valence-corrected chi connectivity index (χ1v) is 8.23. The molecule has 0 atom stereocenters. The summed E-state index contributed by atoms with van der Waals surface area (Å²) in [7, 11) is 0. The summed E-state index contributed by atoms with van der Waals surface area (Å²) in [6, 6.07) is 7.60. The quantitative estimate of drug-likeness (QED) is 0.786. The van der Waals surface area contributed by atoms with Crippen molar-refractivity contribution in [2.24, 2.45) is 5.92 Å². The smallest absolute Gasteiger partial charge is 0.223 e. The monoisotopic (exact) mass is 327 g/mol. The van der Waals surface area contributed by atoms with E-state index in [0.717, 1.165) is 5.82 Å². The summed E-state index contributed by atoms with van der Waals surface area (Å²) in [5, 5.41) is 14.3. The van der Waals surface area contributed by atoms with E-state index >= 15 is 0 Å². The van der Waals surface area contributed by atoms with E-state index in [2.05, 4.69) is 20.8 Å². The van der Waals surface area contributed by atoms with Crippen molar-refractivity contribution in [3.05, 3.63) is 36.7 Å². The minimum atomic E-state index is -0.0247. The summed E-state index contributed by atoms with van der Waals surface area (Å²) in [6.07, 6.45) is 6.21. The number of hydrogen-bond acceptors (Lipinski definition) is 5. The van der Waals surface area contributed by atoms with Crippen molar-refractivity contribution in [3.8, 4) is 5.82 Å². The van der Waals surface area contributed by atoms with Gasteiger partial charge in [-0.3, -0.25) is 9.59 Å². The van der Waals surface area contributed by atoms with E-state index < -0.39 is 0 Å². The zero-order valence-corrected chi connectivity index (χ0v) is 13.4. The van der Waals surface area contributed by atoms with Crippen LogP contribution in [0.3, 0.4) is 0 Å². The molecule has 0 spiro atoms. The van der Waals surface area contributed by atoms with Crippen LogP contribution in [-0.2, 0) is 9.59 Å². The lowest BCUT2D eigenvalue weighted by atomic mass is 9.88. The number of carbonyl (C=O) groups is 2. The highest BCUT2D eigenvalue weighted by Crippen LogP contribution is 2.21. The van der Waals surface area contributed by atoms with E-state index in [0.29, 0.717) is 44.6 Å². The van der Waals surface area contributed by atoms with Gasteiger partial charge in [0.15, 0.2) is 5.82 Å². The molecule has 7 heteroatoms. The fourth-order valence-electron chi connectivity index (χ4n) is 2.77. The third kappa shape index (κ3) is 4.18. The molecule has 7 nitrogen and oxygen atoms in total. The molecule has 0 saturated heterocycles. The zero-order chi connectivity index (χ0) is 16.8. The van der Waals surface area contributed by atoms with E-state index in [-0.39, 0.29) is 17.6 Å². The van der Waals surface area contributed by atoms with Crippen LogP contribution < -0.4 is 10.6 Å². The van der Waals surface area contributed by atoms with Crippen LogP contribution in [0.1, 0.15) is 25.7 Å². The van der Waals surface area contributed by atoms with Crippen molar-refractivity contribution < 1.29 is 9.59 Å². The maximum atomic E-state index is 12.0. The summed E-state index contributed by atoms with van der Waals surface area (Å²) >= 11 is 0. The Morgan fingerprint density at radius 3 is 2.54 bits per heavy atom. The van der Waals surface area contributed by atoms with Crippen molar-refractivity contribution in [3.63, 3.8) is 0 Å². The van der Waals surface area contributed by atoms with Gasteiger partial charge in [-0.15, -0.1) is 10.2 Å². The number of nitrogens with zero attached hydrogens (tertiary/aromatic N) is 3. The minimum absolute atomic E-state index is 0.0247. The molecule has 0 aliphatic heterocycles. The second kappa shape index (κ2) is 7.72. The molecule has 0 unspecified atom stereocenters. The molecule has 1 saturated carbocycles. The number of nitrogens with one attached hydrogen (secondary N) is 2. The van der Waals surface area contributed by atoms with Gasteiger partial charge >= 0.3 is 0 Å². The van der Waals surface area contributed by atoms with E-state index in [4.69, 9.17) is 0 Å². The van der Waals surface area contributed by atoms with E-state index in [1.54, 1.807) is 0 Å². The molecule has 24 heavy (non-hydrogen) atoms. The third-order valence-corrected chi connectivity index (χ3v) is 4.16. The molecule has 126 valence electrons. The highest BCUT2D eigenvalue weighted by atomic mass is 16.2. The maximum absolute atomic E-state index is 12.0. The van der Waals surface area contributed by atoms with Gasteiger partial charge in [-0.2, -0.15) is 0 Å². The van der Waals surface area contributed by atoms with Gasteiger partial charge < -0.3 is 15.2 Å². The summed E-state index contributed by atoms with van der Waals surface area (Å²) in [5.41, 5.74) is 0. The van der Waals surface area contributed by atoms with Crippen molar-refractivity contribution in [2.75, 3.05) is 18.4 Å². The summed E-state index contributed by atoms with van der Waals surface area (Å²) in [6.45, 7) is 1.10. The Bertz CT molecular complexity index is 672. The molecule has 1 fully saturated rings. The van der Waals surface area contributed by atoms with Crippen LogP contribution in [0.25, 0.3) is 5.82 Å². The van der Waals surface area contributed by atoms with E-state index in [1.165, 1.54) is 0 Å². The van der Waals surface area contributed by atoms with Gasteiger partial charge in [-0.05, 0) is 37.1 Å². The number of anilines is 1. The van der Waals surface area contributed by atoms with Gasteiger partial charge in [0.1, 0.15) is 11.6 Å². The van der Waals surface area contributed by atoms with Gasteiger partial charge in [0.2, 0.25) is 5.91 Å². The summed E-state index contributed by atoms with van der Waals surface area (Å²) < 4.78 is 1.88. The van der Waals surface area contributed by atoms with Gasteiger partial charge in [0, 0.05) is 44.2 Å². The fourth-order valence-corrected chi connectivity index (χ4v) is 2.77. The largest absolute Gasteiger partial charge is 0.367 e. The Hall–Kier alpha value is -2.70. The number of hydrogen-bond donors (Lipinski definition) is 2. The highest BCUT2D eigenvalue weighted by Gasteiger charge is 2.24. The molecule has 2 aromatic rings. The van der Waals surface area contributed by atoms with Crippen molar-refractivity contribution >= 4 is 17.5 Å². The molecule has 2 heterocycles. The number of carbonyl (C=O) groups excluding carboxylic acids is 2. The third-order valence-electron chi connectivity index (χ3n) is 4.16. The lowest BCUT2D eigenvalue weighted by Crippen LogP contribution is -2.36. The van der Waals surface area contributed by atoms with Crippen molar-refractivity contribution in [1.82, 2.24) is 20.1 Å². The van der Waals surface area contributed by atoms with Gasteiger partial charge in [0.25, 0.3) is 0 Å². The van der Waals surface area contributed by atoms with E-state index in [9.17, 15) is 9.59 Å². The number of amides is 1. The Balaban J connectivity index is 1.39. The lowest BCUT2D eigenvalue weighted by Gasteiger charge is -2.20. The molecular formula is C17H21N5O2. The molecule has 0 aromatic carbocycles. The van der Waals surface area contributed by atoms with Crippen LogP contribution >= 0.6 is 0 Å². The molecule has 0 radical (unpaired) electrons. The molecule has 2 aromatic heterocycles. The molecule has 1 aliphatic carbocycles. The average Bonchev–Trinajstić information content (AvgIpc) is 3.14. The molecule has 1 amide bonds. The van der Waals surface area contributed by atoms with Crippen molar-refractivity contribution in [1.29, 1.82) is 0 Å². The number of Topliss-reactive ketones (excluding diaryl/α,β-unsaturated/α-hetero) is 1. The summed E-state index contributed by atoms with van der Waals surface area (Å²) in [5.74, 6) is 1.71. The van der Waals surface area contributed by atoms with Crippen molar-refractivity contribution in [2.45, 2.75) is 25.7 Å². The molecule has 3 rings (SSSR count). The van der Waals surface area contributed by atoms with Gasteiger partial charge in [-0.1, -0.05) is 0 Å². The first kappa shape index (κ1) is 16.2. The molecule has 1 aliphatic rings. The Morgan fingerprint density at radius 1 is 1.12 bits per heavy atom. The lowest BCUT2D eigenvalue weighted by molar-refractivity contribution is -0.128. The Morgan fingerprint density at radius 2 is 1.88 bits per heavy atom. The topological polar surface area (TPSA) is 88.9 Å². The van der Waals surface area contributed by atoms with Gasteiger partial charge in [0.05, 0.1) is 0 Å². The highest BCUT2D eigenvalue weighted by molar-refractivity contribution is 5.84. The number of ketones is 1. The maximum Gasteiger partial charge on any atom is 0.223 e. The molecule has 0 bridgehead atoms. The number of aromatic nitrogens is 3. The Labute approximate surface area is 140 Å². The van der Waals surface area contributed by atoms with Crippen LogP contribution in [0.2, 0.25) is 0 Å². The zero-order valence-electron chi connectivity index (χ0n) is 13.4. The fraction of sp³-hybridized carbons (Fsp3) is 0.412. The molecule has 2 N–H and O–H groups in total. The van der Waals surface area contributed by atoms with Crippen LogP contribution in [0, 0.1) is 5.92 Å². The van der Waals surface area contributed by atoms with Crippen LogP contribution in [0.15, 0.2) is 36.7 Å². The van der Waals surface area contributed by atoms with Gasteiger partial charge in [-0.25, -0.2) is 0 Å². The first-order chi connectivity index (χ1) is 11.7. The standard InChI is InChI=1S/C17H21N5O2/c23-14-5-3-13(4-6-14)17(24)19-10-9-18-15-7-8-16(21-20-15)22-11-1-2-12-22/h1-2,7-8,11-13H,3-6,9-10H2,(H,18,20)(H,19,24). The average molecular weight is 327 g/mol. The SMILES string of the molecule is O=C1CCC(C(=O)NCCNc2ccc(-n3cccc3)nn2)CC1. The minimum Gasteiger partial charge on any atom is -0.367 e. The predicted molar refractivity (Wildman–Crippen MR) is 89.8 cm³/mol.